The molecule has 0 aliphatic carbocycles. The Morgan fingerprint density at radius 2 is 1.76 bits per heavy atom. The lowest BCUT2D eigenvalue weighted by atomic mass is 9.81. The van der Waals surface area contributed by atoms with Crippen molar-refractivity contribution < 1.29 is 28.6 Å². The Bertz CT molecular complexity index is 852. The third-order valence-electron chi connectivity index (χ3n) is 9.14. The van der Waals surface area contributed by atoms with Gasteiger partial charge in [0.1, 0.15) is 0 Å². The number of ether oxygens (including phenoxy) is 3. The molecule has 210 valence electrons. The van der Waals surface area contributed by atoms with Crippen molar-refractivity contribution in [1.82, 2.24) is 14.7 Å². The first-order valence-corrected chi connectivity index (χ1v) is 14.2. The number of rotatable bonds is 7. The average Bonchev–Trinajstić information content (AvgIpc) is 3.14. The predicted octanol–water partition coefficient (Wildman–Crippen LogP) is 2.32. The van der Waals surface area contributed by atoms with E-state index in [1.54, 1.807) is 6.92 Å². The number of hydrogen-bond acceptors (Lipinski definition) is 6. The minimum Gasteiger partial charge on any atom is -0.377 e. The Balaban J connectivity index is 1.34. The van der Waals surface area contributed by atoms with Gasteiger partial charge >= 0.3 is 0 Å². The Kier molecular flexibility index (Phi) is 8.86. The van der Waals surface area contributed by atoms with Crippen LogP contribution >= 0.6 is 0 Å². The first-order valence-electron chi connectivity index (χ1n) is 14.2. The van der Waals surface area contributed by atoms with Gasteiger partial charge in [-0.1, -0.05) is 20.8 Å². The van der Waals surface area contributed by atoms with E-state index < -0.39 is 5.60 Å². The van der Waals surface area contributed by atoms with Crippen LogP contribution in [0.4, 0.5) is 0 Å². The Hall–Kier alpha value is -1.71. The fraction of sp³-hybridized carbons (Fsp3) is 0.893. The molecular formula is C28H47N3O6. The van der Waals surface area contributed by atoms with Gasteiger partial charge in [-0.25, -0.2) is 0 Å². The van der Waals surface area contributed by atoms with Gasteiger partial charge in [0.25, 0.3) is 0 Å². The molecular weight excluding hydrogens is 474 g/mol. The van der Waals surface area contributed by atoms with Gasteiger partial charge in [0.15, 0.2) is 0 Å². The van der Waals surface area contributed by atoms with Gasteiger partial charge in [-0.15, -0.1) is 0 Å². The number of nitrogens with zero attached hydrogens (tertiary/aromatic N) is 3. The minimum atomic E-state index is -0.464. The van der Waals surface area contributed by atoms with Crippen LogP contribution < -0.4 is 0 Å². The summed E-state index contributed by atoms with van der Waals surface area (Å²) in [7, 11) is 0. The average molecular weight is 522 g/mol. The first-order chi connectivity index (χ1) is 17.5. The third-order valence-corrected chi connectivity index (χ3v) is 9.14. The predicted molar refractivity (Wildman–Crippen MR) is 139 cm³/mol. The van der Waals surface area contributed by atoms with Crippen LogP contribution in [0.2, 0.25) is 0 Å². The summed E-state index contributed by atoms with van der Waals surface area (Å²) in [5, 5.41) is 0. The molecule has 9 nitrogen and oxygen atoms in total. The fourth-order valence-electron chi connectivity index (χ4n) is 6.74. The van der Waals surface area contributed by atoms with E-state index in [4.69, 9.17) is 14.2 Å². The highest BCUT2D eigenvalue weighted by molar-refractivity contribution is 5.79. The van der Waals surface area contributed by atoms with Crippen molar-refractivity contribution in [1.29, 1.82) is 0 Å². The van der Waals surface area contributed by atoms with Crippen LogP contribution in [0.5, 0.6) is 0 Å². The SMILES string of the molecule is CC(=O)N1CCOCC1CCC(C)C(=O)N1CCOC(C)(CC2CC3CN(C(=O)C(C)C)CC2O3)C1C. The van der Waals surface area contributed by atoms with Gasteiger partial charge in [-0.2, -0.15) is 0 Å². The van der Waals surface area contributed by atoms with Crippen molar-refractivity contribution >= 4 is 17.7 Å². The molecule has 0 aromatic rings. The molecule has 9 heteroatoms. The van der Waals surface area contributed by atoms with E-state index in [0.717, 1.165) is 25.7 Å². The van der Waals surface area contributed by atoms with Crippen molar-refractivity contribution in [2.75, 3.05) is 46.0 Å². The second kappa shape index (κ2) is 11.6. The van der Waals surface area contributed by atoms with Crippen molar-refractivity contribution in [2.45, 2.75) is 97.1 Å². The summed E-state index contributed by atoms with van der Waals surface area (Å²) in [6.45, 7) is 15.9. The molecule has 0 aromatic carbocycles. The molecule has 7 unspecified atom stereocenters. The molecule has 7 atom stereocenters. The number of likely N-dealkylation sites (tertiary alicyclic amines) is 1. The van der Waals surface area contributed by atoms with Crippen LogP contribution in [0.3, 0.4) is 0 Å². The van der Waals surface area contributed by atoms with Crippen LogP contribution in [0.15, 0.2) is 0 Å². The topological polar surface area (TPSA) is 88.6 Å². The van der Waals surface area contributed by atoms with Gasteiger partial charge in [0, 0.05) is 44.9 Å². The highest BCUT2D eigenvalue weighted by Crippen LogP contribution is 2.41. The largest absolute Gasteiger partial charge is 0.377 e. The lowest BCUT2D eigenvalue weighted by Crippen LogP contribution is -2.60. The van der Waals surface area contributed by atoms with Crippen LogP contribution in [-0.4, -0.2) is 108 Å². The summed E-state index contributed by atoms with van der Waals surface area (Å²) in [6.07, 6.45) is 3.34. The van der Waals surface area contributed by atoms with Crippen molar-refractivity contribution in [3.63, 3.8) is 0 Å². The lowest BCUT2D eigenvalue weighted by molar-refractivity contribution is -0.171. The molecule has 4 aliphatic heterocycles. The fourth-order valence-corrected chi connectivity index (χ4v) is 6.74. The van der Waals surface area contributed by atoms with Crippen molar-refractivity contribution in [2.24, 2.45) is 17.8 Å². The van der Waals surface area contributed by atoms with E-state index in [-0.39, 0.29) is 53.8 Å². The minimum absolute atomic E-state index is 0.00657. The molecule has 0 saturated carbocycles. The zero-order chi connectivity index (χ0) is 26.9. The van der Waals surface area contributed by atoms with Crippen LogP contribution in [-0.2, 0) is 28.6 Å². The molecule has 0 spiro atoms. The first kappa shape index (κ1) is 28.3. The monoisotopic (exact) mass is 521 g/mol. The van der Waals surface area contributed by atoms with Gasteiger partial charge in [-0.05, 0) is 45.4 Å². The molecule has 0 radical (unpaired) electrons. The van der Waals surface area contributed by atoms with Gasteiger partial charge in [0.2, 0.25) is 17.7 Å². The second-order valence-electron chi connectivity index (χ2n) is 12.2. The summed E-state index contributed by atoms with van der Waals surface area (Å²) in [5.41, 5.74) is -0.464. The van der Waals surface area contributed by atoms with E-state index in [1.807, 2.05) is 35.5 Å². The molecule has 4 aliphatic rings. The molecule has 0 aromatic heterocycles. The van der Waals surface area contributed by atoms with Crippen molar-refractivity contribution in [3.8, 4) is 0 Å². The standard InChI is InChI=1S/C28H47N3O6/c1-18(2)26(33)29-15-24-13-22(25(16-29)37-24)14-28(6)20(4)30(10-12-36-28)27(34)19(3)7-8-23-17-35-11-9-31(23)21(5)32/h18-20,22-25H,7-17H2,1-6H3. The molecule has 4 saturated heterocycles. The maximum absolute atomic E-state index is 13.6. The molecule has 3 amide bonds. The molecule has 37 heavy (non-hydrogen) atoms. The number of fused-ring (bicyclic) bond motifs is 2. The van der Waals surface area contributed by atoms with E-state index in [0.29, 0.717) is 51.9 Å². The van der Waals surface area contributed by atoms with Crippen molar-refractivity contribution in [3.05, 3.63) is 0 Å². The van der Waals surface area contributed by atoms with Gasteiger partial charge in [0.05, 0.1) is 49.7 Å². The second-order valence-corrected chi connectivity index (χ2v) is 12.2. The van der Waals surface area contributed by atoms with Gasteiger partial charge in [-0.3, -0.25) is 14.4 Å². The lowest BCUT2D eigenvalue weighted by Gasteiger charge is -2.48. The summed E-state index contributed by atoms with van der Waals surface area (Å²) in [6, 6.07) is -0.0190. The van der Waals surface area contributed by atoms with E-state index in [9.17, 15) is 14.4 Å². The molecule has 0 N–H and O–H groups in total. The highest BCUT2D eigenvalue weighted by Gasteiger charge is 2.49. The van der Waals surface area contributed by atoms with E-state index >= 15 is 0 Å². The summed E-state index contributed by atoms with van der Waals surface area (Å²) < 4.78 is 18.2. The van der Waals surface area contributed by atoms with Crippen LogP contribution in [0.1, 0.15) is 67.2 Å². The number of carbonyl (C=O) groups is 3. The number of amides is 3. The smallest absolute Gasteiger partial charge is 0.225 e. The van der Waals surface area contributed by atoms with Gasteiger partial charge < -0.3 is 28.9 Å². The number of hydrogen-bond donors (Lipinski definition) is 0. The summed E-state index contributed by atoms with van der Waals surface area (Å²) in [5.74, 6) is 0.589. The summed E-state index contributed by atoms with van der Waals surface area (Å²) in [4.78, 5) is 44.0. The highest BCUT2D eigenvalue weighted by atomic mass is 16.5. The van der Waals surface area contributed by atoms with Crippen LogP contribution in [0, 0.1) is 17.8 Å². The molecule has 4 heterocycles. The molecule has 2 bridgehead atoms. The number of carbonyl (C=O) groups excluding carboxylic acids is 3. The molecule has 4 rings (SSSR count). The Labute approximate surface area is 222 Å². The zero-order valence-corrected chi connectivity index (χ0v) is 23.6. The normalized spacial score (nSPS) is 35.1. The summed E-state index contributed by atoms with van der Waals surface area (Å²) >= 11 is 0. The third kappa shape index (κ3) is 6.14. The molecule has 4 fully saturated rings. The quantitative estimate of drug-likeness (QED) is 0.511. The van der Waals surface area contributed by atoms with E-state index in [1.165, 1.54) is 0 Å². The zero-order valence-electron chi connectivity index (χ0n) is 23.6. The Morgan fingerprint density at radius 3 is 2.46 bits per heavy atom. The maximum Gasteiger partial charge on any atom is 0.225 e. The van der Waals surface area contributed by atoms with E-state index in [2.05, 4.69) is 13.8 Å². The Morgan fingerprint density at radius 1 is 1.03 bits per heavy atom. The maximum atomic E-state index is 13.6. The number of morpholine rings is 3. The van der Waals surface area contributed by atoms with Crippen LogP contribution in [0.25, 0.3) is 0 Å².